The van der Waals surface area contributed by atoms with Crippen LogP contribution in [0.4, 0.5) is 13.2 Å². The molecule has 2 aromatic heterocycles. The minimum atomic E-state index is -4.37. The Hall–Kier alpha value is -1.95. The van der Waals surface area contributed by atoms with Gasteiger partial charge in [0.25, 0.3) is 0 Å². The first-order valence-electron chi connectivity index (χ1n) is 6.04. The molecule has 106 valence electrons. The number of hydrogen-bond acceptors (Lipinski definition) is 3. The number of halogens is 3. The lowest BCUT2D eigenvalue weighted by atomic mass is 10.0. The summed E-state index contributed by atoms with van der Waals surface area (Å²) in [4.78, 5) is 8.00. The Morgan fingerprint density at radius 1 is 1.15 bits per heavy atom. The fourth-order valence-corrected chi connectivity index (χ4v) is 1.97. The zero-order chi connectivity index (χ0) is 14.8. The minimum absolute atomic E-state index is 0.287. The second-order valence-electron chi connectivity index (χ2n) is 4.49. The van der Waals surface area contributed by atoms with Crippen LogP contribution in [0.1, 0.15) is 28.4 Å². The molecular weight excluding hydrogens is 267 g/mol. The Morgan fingerprint density at radius 3 is 2.40 bits per heavy atom. The van der Waals surface area contributed by atoms with Crippen molar-refractivity contribution in [1.29, 1.82) is 0 Å². The van der Waals surface area contributed by atoms with Crippen LogP contribution in [-0.4, -0.2) is 17.0 Å². The van der Waals surface area contributed by atoms with Gasteiger partial charge < -0.3 is 5.32 Å². The normalized spacial score (nSPS) is 13.2. The van der Waals surface area contributed by atoms with Crippen molar-refractivity contribution < 1.29 is 13.2 Å². The lowest BCUT2D eigenvalue weighted by Gasteiger charge is -2.17. The Morgan fingerprint density at radius 2 is 1.90 bits per heavy atom. The van der Waals surface area contributed by atoms with E-state index < -0.39 is 11.7 Å². The maximum absolute atomic E-state index is 12.5. The van der Waals surface area contributed by atoms with Crippen LogP contribution in [-0.2, 0) is 6.18 Å². The third-order valence-electron chi connectivity index (χ3n) is 2.93. The zero-order valence-electron chi connectivity index (χ0n) is 11.1. The van der Waals surface area contributed by atoms with Gasteiger partial charge in [-0.1, -0.05) is 6.07 Å². The molecule has 0 spiro atoms. The summed E-state index contributed by atoms with van der Waals surface area (Å²) in [5.41, 5.74) is 1.61. The monoisotopic (exact) mass is 281 g/mol. The van der Waals surface area contributed by atoms with Crippen molar-refractivity contribution in [3.8, 4) is 0 Å². The average molecular weight is 281 g/mol. The summed E-state index contributed by atoms with van der Waals surface area (Å²) in [5, 5.41) is 3.04. The molecule has 0 aliphatic rings. The number of hydrogen-bond donors (Lipinski definition) is 1. The largest absolute Gasteiger partial charge is 0.417 e. The van der Waals surface area contributed by atoms with Crippen LogP contribution in [0.2, 0.25) is 0 Å². The van der Waals surface area contributed by atoms with Crippen LogP contribution in [0.3, 0.4) is 0 Å². The maximum atomic E-state index is 12.5. The molecule has 1 unspecified atom stereocenters. The lowest BCUT2D eigenvalue weighted by Crippen LogP contribution is -2.19. The van der Waals surface area contributed by atoms with E-state index in [0.29, 0.717) is 5.69 Å². The van der Waals surface area contributed by atoms with Crippen LogP contribution in [0.5, 0.6) is 0 Å². The third-order valence-corrected chi connectivity index (χ3v) is 2.93. The number of alkyl halides is 3. The number of rotatable bonds is 3. The van der Waals surface area contributed by atoms with E-state index in [1.54, 1.807) is 19.4 Å². The molecule has 0 saturated heterocycles. The highest BCUT2D eigenvalue weighted by molar-refractivity contribution is 5.29. The van der Waals surface area contributed by atoms with Gasteiger partial charge in [0, 0.05) is 18.6 Å². The smallest absolute Gasteiger partial charge is 0.308 e. The summed E-state index contributed by atoms with van der Waals surface area (Å²) in [6.07, 6.45) is -0.127. The molecule has 1 atom stereocenters. The molecule has 1 N–H and O–H groups in total. The first-order chi connectivity index (χ1) is 9.41. The van der Waals surface area contributed by atoms with Gasteiger partial charge in [-0.25, -0.2) is 0 Å². The van der Waals surface area contributed by atoms with E-state index in [4.69, 9.17) is 0 Å². The van der Waals surface area contributed by atoms with Crippen LogP contribution in [0.25, 0.3) is 0 Å². The van der Waals surface area contributed by atoms with E-state index in [9.17, 15) is 13.2 Å². The zero-order valence-corrected chi connectivity index (χ0v) is 11.1. The summed E-state index contributed by atoms with van der Waals surface area (Å²) >= 11 is 0. The van der Waals surface area contributed by atoms with Gasteiger partial charge in [-0.2, -0.15) is 13.2 Å². The SMILES string of the molecule is CNC(c1cncc(C)c1)c1ccc(C(F)(F)F)cn1. The molecule has 0 aliphatic carbocycles. The molecule has 0 bridgehead atoms. The Balaban J connectivity index is 2.33. The summed E-state index contributed by atoms with van der Waals surface area (Å²) in [6.45, 7) is 1.91. The summed E-state index contributed by atoms with van der Waals surface area (Å²) in [5.74, 6) is 0. The van der Waals surface area contributed by atoms with E-state index in [2.05, 4.69) is 15.3 Å². The minimum Gasteiger partial charge on any atom is -0.308 e. The molecule has 0 aliphatic heterocycles. The van der Waals surface area contributed by atoms with E-state index in [-0.39, 0.29) is 6.04 Å². The van der Waals surface area contributed by atoms with Crippen molar-refractivity contribution in [2.24, 2.45) is 0 Å². The van der Waals surface area contributed by atoms with Crippen LogP contribution < -0.4 is 5.32 Å². The second kappa shape index (κ2) is 5.58. The van der Waals surface area contributed by atoms with Crippen molar-refractivity contribution in [3.63, 3.8) is 0 Å². The van der Waals surface area contributed by atoms with Gasteiger partial charge in [0.2, 0.25) is 0 Å². The fraction of sp³-hybridized carbons (Fsp3) is 0.286. The van der Waals surface area contributed by atoms with Crippen molar-refractivity contribution in [2.75, 3.05) is 7.05 Å². The van der Waals surface area contributed by atoms with E-state index in [0.717, 1.165) is 23.4 Å². The number of aryl methyl sites for hydroxylation is 1. The van der Waals surface area contributed by atoms with Gasteiger partial charge in [-0.05, 0) is 37.2 Å². The van der Waals surface area contributed by atoms with Crippen LogP contribution >= 0.6 is 0 Å². The predicted octanol–water partition coefficient (Wildman–Crippen LogP) is 3.11. The highest BCUT2D eigenvalue weighted by Gasteiger charge is 2.31. The number of pyridine rings is 2. The molecule has 2 aromatic rings. The molecule has 20 heavy (non-hydrogen) atoms. The van der Waals surface area contributed by atoms with Gasteiger partial charge in [0.15, 0.2) is 0 Å². The Labute approximate surface area is 114 Å². The molecule has 2 heterocycles. The second-order valence-corrected chi connectivity index (χ2v) is 4.49. The lowest BCUT2D eigenvalue weighted by molar-refractivity contribution is -0.137. The van der Waals surface area contributed by atoms with Gasteiger partial charge in [-0.15, -0.1) is 0 Å². The van der Waals surface area contributed by atoms with Gasteiger partial charge in [0.05, 0.1) is 17.3 Å². The summed E-state index contributed by atoms with van der Waals surface area (Å²) in [6, 6.07) is 4.06. The molecule has 0 saturated carbocycles. The van der Waals surface area contributed by atoms with Gasteiger partial charge in [-0.3, -0.25) is 9.97 Å². The Bertz CT molecular complexity index is 579. The summed E-state index contributed by atoms with van der Waals surface area (Å²) < 4.78 is 37.5. The number of nitrogens with one attached hydrogen (secondary N) is 1. The fourth-order valence-electron chi connectivity index (χ4n) is 1.97. The molecule has 0 aromatic carbocycles. The first-order valence-corrected chi connectivity index (χ1v) is 6.04. The van der Waals surface area contributed by atoms with Crippen LogP contribution in [0, 0.1) is 6.92 Å². The molecule has 0 amide bonds. The maximum Gasteiger partial charge on any atom is 0.417 e. The topological polar surface area (TPSA) is 37.8 Å². The Kier molecular flexibility index (Phi) is 4.04. The average Bonchev–Trinajstić information content (AvgIpc) is 2.39. The van der Waals surface area contributed by atoms with Crippen LogP contribution in [0.15, 0.2) is 36.8 Å². The van der Waals surface area contributed by atoms with E-state index in [1.807, 2.05) is 13.0 Å². The van der Waals surface area contributed by atoms with Crippen molar-refractivity contribution >= 4 is 0 Å². The van der Waals surface area contributed by atoms with Gasteiger partial charge >= 0.3 is 6.18 Å². The van der Waals surface area contributed by atoms with Gasteiger partial charge in [0.1, 0.15) is 0 Å². The van der Waals surface area contributed by atoms with Crippen molar-refractivity contribution in [1.82, 2.24) is 15.3 Å². The quantitative estimate of drug-likeness (QED) is 0.939. The predicted molar refractivity (Wildman–Crippen MR) is 69.1 cm³/mol. The van der Waals surface area contributed by atoms with E-state index in [1.165, 1.54) is 6.07 Å². The highest BCUT2D eigenvalue weighted by atomic mass is 19.4. The highest BCUT2D eigenvalue weighted by Crippen LogP contribution is 2.29. The standard InChI is InChI=1S/C14H14F3N3/c1-9-5-10(7-19-6-9)13(18-2)12-4-3-11(8-20-12)14(15,16)17/h3-8,13,18H,1-2H3. The number of nitrogens with zero attached hydrogens (tertiary/aromatic N) is 2. The molecular formula is C14H14F3N3. The van der Waals surface area contributed by atoms with E-state index >= 15 is 0 Å². The van der Waals surface area contributed by atoms with Crippen molar-refractivity contribution in [2.45, 2.75) is 19.1 Å². The third kappa shape index (κ3) is 3.14. The first kappa shape index (κ1) is 14.5. The molecule has 6 heteroatoms. The molecule has 0 fully saturated rings. The molecule has 0 radical (unpaired) electrons. The van der Waals surface area contributed by atoms with Crippen molar-refractivity contribution in [3.05, 3.63) is 59.2 Å². The number of aromatic nitrogens is 2. The molecule has 2 rings (SSSR count). The molecule has 3 nitrogen and oxygen atoms in total. The summed E-state index contributed by atoms with van der Waals surface area (Å²) in [7, 11) is 1.73.